The molecule has 42 heavy (non-hydrogen) atoms. The molecule has 2 aromatic rings. The van der Waals surface area contributed by atoms with Crippen molar-refractivity contribution in [3.05, 3.63) is 77.9 Å². The van der Waals surface area contributed by atoms with E-state index in [0.29, 0.717) is 17.7 Å². The van der Waals surface area contributed by atoms with Crippen LogP contribution in [-0.2, 0) is 4.79 Å². The van der Waals surface area contributed by atoms with Crippen molar-refractivity contribution < 1.29 is 27.6 Å². The maximum Gasteiger partial charge on any atom is 0.471 e. The molecule has 0 heterocycles. The van der Waals surface area contributed by atoms with E-state index in [4.69, 9.17) is 0 Å². The fourth-order valence-electron chi connectivity index (χ4n) is 4.67. The number of rotatable bonds is 19. The summed E-state index contributed by atoms with van der Waals surface area (Å²) in [5.74, 6) is -3.37. The van der Waals surface area contributed by atoms with E-state index in [0.717, 1.165) is 38.5 Å². The van der Waals surface area contributed by atoms with Gasteiger partial charge in [-0.25, -0.2) is 0 Å². The zero-order valence-electron chi connectivity index (χ0n) is 24.8. The molecule has 0 spiro atoms. The molecule has 0 radical (unpaired) electrons. The zero-order valence-corrected chi connectivity index (χ0v) is 24.8. The summed E-state index contributed by atoms with van der Waals surface area (Å²) in [4.78, 5) is 37.9. The Bertz CT molecular complexity index is 1120. The number of nitrogens with zero attached hydrogens (tertiary/aromatic N) is 1. The number of amides is 3. The number of allylic oxidation sites excluding steroid dienone is 2. The van der Waals surface area contributed by atoms with Crippen molar-refractivity contribution in [3.8, 4) is 0 Å². The first-order valence-electron chi connectivity index (χ1n) is 15.3. The lowest BCUT2D eigenvalue weighted by Gasteiger charge is -2.24. The van der Waals surface area contributed by atoms with Crippen LogP contribution in [0.5, 0.6) is 0 Å². The topological polar surface area (TPSA) is 66.5 Å². The number of anilines is 1. The summed E-state index contributed by atoms with van der Waals surface area (Å²) in [5.41, 5.74) is 0.221. The summed E-state index contributed by atoms with van der Waals surface area (Å²) in [6.45, 7) is 2.11. The van der Waals surface area contributed by atoms with Crippen LogP contribution in [0.2, 0.25) is 0 Å². The highest BCUT2D eigenvalue weighted by molar-refractivity contribution is 6.11. The highest BCUT2D eigenvalue weighted by atomic mass is 19.4. The average molecular weight is 587 g/mol. The summed E-state index contributed by atoms with van der Waals surface area (Å²) in [6, 6.07) is 13.5. The Labute approximate surface area is 248 Å². The van der Waals surface area contributed by atoms with Gasteiger partial charge in [-0.1, -0.05) is 101 Å². The lowest BCUT2D eigenvalue weighted by Crippen LogP contribution is -2.42. The third-order valence-electron chi connectivity index (χ3n) is 7.06. The molecule has 5 nitrogen and oxygen atoms in total. The van der Waals surface area contributed by atoms with Crippen LogP contribution in [-0.4, -0.2) is 30.4 Å². The molecule has 2 aromatic carbocycles. The van der Waals surface area contributed by atoms with E-state index in [-0.39, 0.29) is 23.4 Å². The molecule has 230 valence electrons. The monoisotopic (exact) mass is 586 g/mol. The second-order valence-corrected chi connectivity index (χ2v) is 10.6. The zero-order chi connectivity index (χ0) is 30.6. The predicted molar refractivity (Wildman–Crippen MR) is 163 cm³/mol. The Morgan fingerprint density at radius 1 is 0.690 bits per heavy atom. The lowest BCUT2D eigenvalue weighted by molar-refractivity contribution is -0.170. The Balaban J connectivity index is 1.78. The van der Waals surface area contributed by atoms with Crippen molar-refractivity contribution in [1.82, 2.24) is 5.32 Å². The van der Waals surface area contributed by atoms with Crippen molar-refractivity contribution in [2.24, 2.45) is 0 Å². The Morgan fingerprint density at radius 3 is 1.81 bits per heavy atom. The van der Waals surface area contributed by atoms with Crippen molar-refractivity contribution in [3.63, 3.8) is 0 Å². The summed E-state index contributed by atoms with van der Waals surface area (Å²) in [5, 5.41) is 2.23. The number of carbonyl (C=O) groups excluding carboxylic acids is 3. The number of carbonyl (C=O) groups is 3. The Hall–Kier alpha value is -3.42. The highest BCUT2D eigenvalue weighted by Gasteiger charge is 2.43. The first-order chi connectivity index (χ1) is 20.2. The molecule has 0 unspecified atom stereocenters. The number of nitrogens with one attached hydrogen (secondary N) is 1. The van der Waals surface area contributed by atoms with Crippen LogP contribution in [0.15, 0.2) is 66.7 Å². The fourth-order valence-corrected chi connectivity index (χ4v) is 4.67. The first-order valence-corrected chi connectivity index (χ1v) is 15.3. The van der Waals surface area contributed by atoms with Gasteiger partial charge in [0.1, 0.15) is 0 Å². The van der Waals surface area contributed by atoms with Gasteiger partial charge in [-0.3, -0.25) is 19.7 Å². The number of hydrogen-bond donors (Lipinski definition) is 1. The molecule has 0 saturated heterocycles. The Kier molecular flexibility index (Phi) is 16.3. The van der Waals surface area contributed by atoms with Crippen LogP contribution in [0.3, 0.4) is 0 Å². The van der Waals surface area contributed by atoms with E-state index in [9.17, 15) is 27.6 Å². The maximum absolute atomic E-state index is 13.4. The van der Waals surface area contributed by atoms with E-state index in [1.807, 2.05) is 0 Å². The molecule has 0 aliphatic heterocycles. The number of hydrogen-bond acceptors (Lipinski definition) is 3. The van der Waals surface area contributed by atoms with Crippen molar-refractivity contribution in [1.29, 1.82) is 0 Å². The van der Waals surface area contributed by atoms with Gasteiger partial charge < -0.3 is 4.90 Å². The van der Waals surface area contributed by atoms with Gasteiger partial charge in [-0.2, -0.15) is 13.2 Å². The number of halogens is 3. The van der Waals surface area contributed by atoms with Crippen molar-refractivity contribution in [2.75, 3.05) is 11.4 Å². The molecule has 0 atom stereocenters. The molecule has 0 aliphatic carbocycles. The van der Waals surface area contributed by atoms with Crippen LogP contribution < -0.4 is 10.2 Å². The minimum atomic E-state index is -5.05. The van der Waals surface area contributed by atoms with Crippen LogP contribution >= 0.6 is 0 Å². The van der Waals surface area contributed by atoms with Crippen molar-refractivity contribution in [2.45, 2.75) is 103 Å². The van der Waals surface area contributed by atoms with Gasteiger partial charge in [0, 0.05) is 23.4 Å². The number of imide groups is 1. The van der Waals surface area contributed by atoms with Crippen LogP contribution in [0.1, 0.15) is 118 Å². The quantitative estimate of drug-likeness (QED) is 0.101. The third kappa shape index (κ3) is 13.5. The largest absolute Gasteiger partial charge is 0.471 e. The fraction of sp³-hybridized carbons (Fsp3) is 0.500. The molecule has 1 N–H and O–H groups in total. The van der Waals surface area contributed by atoms with E-state index in [1.54, 1.807) is 18.2 Å². The SMILES string of the molecule is CCCCCCCC/C=C/CCCCCCCCN(C(=O)C(F)(F)F)c1cccc(C(=O)NC(=O)c2ccccc2)c1. The van der Waals surface area contributed by atoms with Crippen LogP contribution in [0.4, 0.5) is 18.9 Å². The maximum atomic E-state index is 13.4. The van der Waals surface area contributed by atoms with Crippen molar-refractivity contribution >= 4 is 23.4 Å². The smallest absolute Gasteiger partial charge is 0.305 e. The van der Waals surface area contributed by atoms with E-state index < -0.39 is 23.9 Å². The molecule has 3 amide bonds. The summed E-state index contributed by atoms with van der Waals surface area (Å²) in [6.07, 6.45) is 14.6. The lowest BCUT2D eigenvalue weighted by atomic mass is 10.1. The highest BCUT2D eigenvalue weighted by Crippen LogP contribution is 2.25. The molecule has 0 saturated carbocycles. The predicted octanol–water partition coefficient (Wildman–Crippen LogP) is 9.19. The molecule has 0 fully saturated rings. The average Bonchev–Trinajstić information content (AvgIpc) is 2.98. The van der Waals surface area contributed by atoms with E-state index >= 15 is 0 Å². The van der Waals surface area contributed by atoms with Gasteiger partial charge in [-0.15, -0.1) is 0 Å². The molecular weight excluding hydrogens is 541 g/mol. The standard InChI is InChI=1S/C34H45F3N2O3/c1-2-3-4-5-6-7-8-9-10-11-12-13-14-15-16-20-26-39(33(42)34(35,36)37)30-25-21-24-29(27-30)32(41)38-31(40)28-22-18-17-19-23-28/h9-10,17-19,21-25,27H,2-8,11-16,20,26H2,1H3,(H,38,40,41)/b10-9+. The first kappa shape index (κ1) is 34.8. The Morgan fingerprint density at radius 2 is 1.21 bits per heavy atom. The second kappa shape index (κ2) is 19.7. The van der Waals surface area contributed by atoms with Gasteiger partial charge in [-0.05, 0) is 62.4 Å². The summed E-state index contributed by atoms with van der Waals surface area (Å²) >= 11 is 0. The summed E-state index contributed by atoms with van der Waals surface area (Å²) in [7, 11) is 0. The van der Waals surface area contributed by atoms with Crippen LogP contribution in [0.25, 0.3) is 0 Å². The van der Waals surface area contributed by atoms with E-state index in [2.05, 4.69) is 24.4 Å². The second-order valence-electron chi connectivity index (χ2n) is 10.6. The summed E-state index contributed by atoms with van der Waals surface area (Å²) < 4.78 is 40.2. The van der Waals surface area contributed by atoms with Gasteiger partial charge in [0.2, 0.25) is 0 Å². The molecular formula is C34H45F3N2O3. The minimum absolute atomic E-state index is 0.0159. The molecule has 2 rings (SSSR count). The van der Waals surface area contributed by atoms with Gasteiger partial charge >= 0.3 is 12.1 Å². The minimum Gasteiger partial charge on any atom is -0.305 e. The number of alkyl halides is 3. The van der Waals surface area contributed by atoms with Crippen LogP contribution in [0, 0.1) is 0 Å². The normalized spacial score (nSPS) is 11.5. The molecule has 0 aromatic heterocycles. The van der Waals surface area contributed by atoms with E-state index in [1.165, 1.54) is 74.9 Å². The third-order valence-corrected chi connectivity index (χ3v) is 7.06. The van der Waals surface area contributed by atoms with Gasteiger partial charge in [0.15, 0.2) is 0 Å². The molecule has 8 heteroatoms. The number of unbranched alkanes of at least 4 members (excludes halogenated alkanes) is 12. The number of benzene rings is 2. The molecule has 0 aliphatic rings. The van der Waals surface area contributed by atoms with Gasteiger partial charge in [0.25, 0.3) is 11.8 Å². The van der Waals surface area contributed by atoms with Gasteiger partial charge in [0.05, 0.1) is 0 Å². The molecule has 0 bridgehead atoms.